The first-order chi connectivity index (χ1) is 16.2. The van der Waals surface area contributed by atoms with E-state index in [-0.39, 0.29) is 17.1 Å². The van der Waals surface area contributed by atoms with Crippen molar-refractivity contribution in [1.29, 1.82) is 0 Å². The Morgan fingerprint density at radius 1 is 0.882 bits per heavy atom. The Labute approximate surface area is 200 Å². The summed E-state index contributed by atoms with van der Waals surface area (Å²) in [6.45, 7) is 5.97. The lowest BCUT2D eigenvalue weighted by Gasteiger charge is -2.12. The molecule has 4 aromatic rings. The molecule has 0 bridgehead atoms. The Bertz CT molecular complexity index is 1300. The van der Waals surface area contributed by atoms with Crippen molar-refractivity contribution in [3.8, 4) is 16.9 Å². The van der Waals surface area contributed by atoms with Gasteiger partial charge < -0.3 is 20.3 Å². The second kappa shape index (κ2) is 9.40. The molecule has 0 fully saturated rings. The van der Waals surface area contributed by atoms with Crippen molar-refractivity contribution in [2.75, 3.05) is 16.0 Å². The number of carbonyl (C=O) groups excluding carboxylic acids is 2. The molecule has 0 aliphatic heterocycles. The molecule has 0 radical (unpaired) electrons. The van der Waals surface area contributed by atoms with Gasteiger partial charge in [0.2, 0.25) is 0 Å². The van der Waals surface area contributed by atoms with Gasteiger partial charge in [-0.15, -0.1) is 11.3 Å². The molecule has 0 aliphatic rings. The summed E-state index contributed by atoms with van der Waals surface area (Å²) < 4.78 is 5.26. The predicted molar refractivity (Wildman–Crippen MR) is 134 cm³/mol. The number of nitrogens with zero attached hydrogens (tertiary/aromatic N) is 1. The van der Waals surface area contributed by atoms with Gasteiger partial charge in [0.05, 0.1) is 4.88 Å². The second-order valence-electron chi connectivity index (χ2n) is 8.68. The van der Waals surface area contributed by atoms with Gasteiger partial charge in [0, 0.05) is 22.9 Å². The number of phenolic OH excluding ortho intramolecular Hbond substituents is 1. The molecule has 2 aromatic carbocycles. The highest BCUT2D eigenvalue weighted by atomic mass is 32.1. The Kier molecular flexibility index (Phi) is 6.38. The number of thiophene rings is 1. The van der Waals surface area contributed by atoms with Crippen molar-refractivity contribution in [3.63, 3.8) is 0 Å². The van der Waals surface area contributed by atoms with E-state index in [1.807, 2.05) is 32.2 Å². The summed E-state index contributed by atoms with van der Waals surface area (Å²) in [6.07, 6.45) is 0. The van der Waals surface area contributed by atoms with Gasteiger partial charge in [-0.2, -0.15) is 0 Å². The van der Waals surface area contributed by atoms with Gasteiger partial charge in [0.25, 0.3) is 5.91 Å². The quantitative estimate of drug-likeness (QED) is 0.270. The van der Waals surface area contributed by atoms with Crippen LogP contribution in [-0.2, 0) is 5.41 Å². The fraction of sp³-hybridized carbons (Fsp3) is 0.160. The molecule has 4 rings (SSSR count). The number of phenols is 1. The average molecular weight is 477 g/mol. The zero-order chi connectivity index (χ0) is 24.3. The lowest BCUT2D eigenvalue weighted by molar-refractivity contribution is 0.103. The first-order valence-corrected chi connectivity index (χ1v) is 11.4. The lowest BCUT2D eigenvalue weighted by Crippen LogP contribution is -2.19. The van der Waals surface area contributed by atoms with Crippen LogP contribution in [0.1, 0.15) is 36.2 Å². The Hall–Kier alpha value is -4.11. The highest BCUT2D eigenvalue weighted by Gasteiger charge is 2.20. The van der Waals surface area contributed by atoms with Crippen molar-refractivity contribution >= 4 is 40.5 Å². The first kappa shape index (κ1) is 23.1. The van der Waals surface area contributed by atoms with Crippen LogP contribution < -0.4 is 16.0 Å². The number of aromatic nitrogens is 1. The number of hydrogen-bond donors (Lipinski definition) is 4. The van der Waals surface area contributed by atoms with E-state index in [0.717, 1.165) is 11.1 Å². The summed E-state index contributed by atoms with van der Waals surface area (Å²) in [6, 6.07) is 16.6. The molecule has 3 amide bonds. The minimum absolute atomic E-state index is 0.195. The summed E-state index contributed by atoms with van der Waals surface area (Å²) >= 11 is 1.34. The van der Waals surface area contributed by atoms with Gasteiger partial charge >= 0.3 is 6.03 Å². The minimum atomic E-state index is -0.453. The van der Waals surface area contributed by atoms with Gasteiger partial charge in [0.1, 0.15) is 11.5 Å². The van der Waals surface area contributed by atoms with E-state index in [1.165, 1.54) is 11.3 Å². The molecule has 0 spiro atoms. The van der Waals surface area contributed by atoms with E-state index in [2.05, 4.69) is 21.1 Å². The predicted octanol–water partition coefficient (Wildman–Crippen LogP) is 6.30. The number of aromatic hydroxyl groups is 1. The van der Waals surface area contributed by atoms with Crippen LogP contribution in [0.15, 0.2) is 70.6 Å². The number of carbonyl (C=O) groups is 2. The molecule has 2 aromatic heterocycles. The highest BCUT2D eigenvalue weighted by Crippen LogP contribution is 2.28. The molecular formula is C25H24N4O4S. The molecule has 4 N–H and O–H groups in total. The molecule has 174 valence electrons. The van der Waals surface area contributed by atoms with Crippen LogP contribution in [0.4, 0.5) is 22.0 Å². The molecule has 0 atom stereocenters. The Morgan fingerprint density at radius 2 is 1.53 bits per heavy atom. The Morgan fingerprint density at radius 3 is 2.15 bits per heavy atom. The van der Waals surface area contributed by atoms with E-state index in [1.54, 1.807) is 54.6 Å². The largest absolute Gasteiger partial charge is 0.508 e. The van der Waals surface area contributed by atoms with Gasteiger partial charge in [-0.3, -0.25) is 10.1 Å². The van der Waals surface area contributed by atoms with E-state index in [0.29, 0.717) is 27.8 Å². The summed E-state index contributed by atoms with van der Waals surface area (Å²) in [5.74, 6) is 0.965. The molecule has 8 nitrogen and oxygen atoms in total. The Balaban J connectivity index is 1.33. The molecule has 2 heterocycles. The number of rotatable bonds is 5. The summed E-state index contributed by atoms with van der Waals surface area (Å²) in [4.78, 5) is 25.4. The third kappa shape index (κ3) is 5.62. The van der Waals surface area contributed by atoms with Crippen molar-refractivity contribution in [2.45, 2.75) is 26.2 Å². The number of amides is 3. The zero-order valence-electron chi connectivity index (χ0n) is 18.9. The van der Waals surface area contributed by atoms with Crippen LogP contribution in [-0.4, -0.2) is 22.2 Å². The van der Waals surface area contributed by atoms with Crippen LogP contribution in [0.25, 0.3) is 11.1 Å². The minimum Gasteiger partial charge on any atom is -0.508 e. The van der Waals surface area contributed by atoms with Gasteiger partial charge in [-0.1, -0.05) is 38.1 Å². The number of anilines is 3. The van der Waals surface area contributed by atoms with E-state index in [4.69, 9.17) is 4.52 Å². The normalized spacial score (nSPS) is 11.1. The molecule has 9 heteroatoms. The summed E-state index contributed by atoms with van der Waals surface area (Å²) in [5.41, 5.74) is 2.77. The summed E-state index contributed by atoms with van der Waals surface area (Å²) in [5, 5.41) is 23.4. The van der Waals surface area contributed by atoms with E-state index in [9.17, 15) is 14.7 Å². The number of nitrogens with one attached hydrogen (secondary N) is 3. The number of hydrogen-bond acceptors (Lipinski definition) is 6. The smallest absolute Gasteiger partial charge is 0.324 e. The molecule has 0 saturated carbocycles. The molecule has 0 aliphatic carbocycles. The number of urea groups is 1. The average Bonchev–Trinajstić information content (AvgIpc) is 3.46. The van der Waals surface area contributed by atoms with Crippen LogP contribution in [0.5, 0.6) is 5.75 Å². The van der Waals surface area contributed by atoms with Gasteiger partial charge in [-0.05, 0) is 59.0 Å². The first-order valence-electron chi connectivity index (χ1n) is 10.5. The van der Waals surface area contributed by atoms with E-state index >= 15 is 0 Å². The molecule has 0 saturated heterocycles. The fourth-order valence-corrected chi connectivity index (χ4v) is 3.87. The van der Waals surface area contributed by atoms with Crippen molar-refractivity contribution in [2.24, 2.45) is 0 Å². The maximum atomic E-state index is 12.6. The van der Waals surface area contributed by atoms with Crippen LogP contribution >= 0.6 is 11.3 Å². The molecular weight excluding hydrogens is 452 g/mol. The maximum Gasteiger partial charge on any atom is 0.324 e. The maximum absolute atomic E-state index is 12.6. The third-order valence-corrected chi connectivity index (χ3v) is 5.84. The van der Waals surface area contributed by atoms with Gasteiger partial charge in [0.15, 0.2) is 5.82 Å². The monoisotopic (exact) mass is 476 g/mol. The second-order valence-corrected chi connectivity index (χ2v) is 9.59. The SMILES string of the molecule is CC(C)(C)c1cc(NC(=O)Nc2ccc(NC(=O)c3cc(-c4ccc(O)cc4)cs3)cc2)no1. The lowest BCUT2D eigenvalue weighted by atomic mass is 9.93. The van der Waals surface area contributed by atoms with Gasteiger partial charge in [-0.25, -0.2) is 4.79 Å². The topological polar surface area (TPSA) is 116 Å². The fourth-order valence-electron chi connectivity index (χ4n) is 3.06. The summed E-state index contributed by atoms with van der Waals surface area (Å²) in [7, 11) is 0. The van der Waals surface area contributed by atoms with Crippen LogP contribution in [0, 0.1) is 0 Å². The van der Waals surface area contributed by atoms with Crippen LogP contribution in [0.2, 0.25) is 0 Å². The van der Waals surface area contributed by atoms with Crippen LogP contribution in [0.3, 0.4) is 0 Å². The number of benzene rings is 2. The third-order valence-electron chi connectivity index (χ3n) is 4.92. The van der Waals surface area contributed by atoms with E-state index < -0.39 is 6.03 Å². The van der Waals surface area contributed by atoms with Crippen molar-refractivity contribution in [3.05, 3.63) is 76.7 Å². The molecule has 34 heavy (non-hydrogen) atoms. The highest BCUT2D eigenvalue weighted by molar-refractivity contribution is 7.12. The van der Waals surface area contributed by atoms with Crippen molar-refractivity contribution < 1.29 is 19.2 Å². The van der Waals surface area contributed by atoms with Crippen molar-refractivity contribution in [1.82, 2.24) is 5.16 Å². The standard InChI is InChI=1S/C25H24N4O4S/c1-25(2,3)21-13-22(29-33-21)28-24(32)27-18-8-6-17(7-9-18)26-23(31)20-12-16(14-34-20)15-4-10-19(30)11-5-15/h4-14,30H,1-3H3,(H,26,31)(H2,27,28,29,32). The molecule has 0 unspecified atom stereocenters. The zero-order valence-corrected chi connectivity index (χ0v) is 19.7.